The van der Waals surface area contributed by atoms with Gasteiger partial charge >= 0.3 is 6.03 Å². The lowest BCUT2D eigenvalue weighted by Gasteiger charge is -2.16. The highest BCUT2D eigenvalue weighted by molar-refractivity contribution is 7.17. The fraction of sp³-hybridized carbons (Fsp3) is 0.100. The predicted octanol–water partition coefficient (Wildman–Crippen LogP) is 4.31. The molecule has 2 heterocycles. The van der Waals surface area contributed by atoms with Crippen molar-refractivity contribution in [2.45, 2.75) is 6.61 Å². The number of urea groups is 1. The first-order valence-electron chi connectivity index (χ1n) is 8.39. The van der Waals surface area contributed by atoms with Crippen LogP contribution in [0, 0.1) is 0 Å². The largest absolute Gasteiger partial charge is 0.488 e. The summed E-state index contributed by atoms with van der Waals surface area (Å²) in [5, 5.41) is 8.05. The summed E-state index contributed by atoms with van der Waals surface area (Å²) in [7, 11) is 1.54. The molecule has 2 aromatic carbocycles. The number of thiophene rings is 1. The molecule has 0 radical (unpaired) electrons. The second-order valence-corrected chi connectivity index (χ2v) is 7.04. The van der Waals surface area contributed by atoms with Crippen molar-refractivity contribution in [3.8, 4) is 16.2 Å². The zero-order chi connectivity index (χ0) is 18.8. The number of amides is 3. The van der Waals surface area contributed by atoms with Crippen LogP contribution < -0.4 is 20.7 Å². The van der Waals surface area contributed by atoms with E-state index in [4.69, 9.17) is 4.74 Å². The molecule has 1 aliphatic heterocycles. The molecule has 0 saturated carbocycles. The number of hydrogen-bond donors (Lipinski definition) is 3. The van der Waals surface area contributed by atoms with E-state index in [-0.39, 0.29) is 11.9 Å². The molecule has 136 valence electrons. The maximum absolute atomic E-state index is 12.7. The van der Waals surface area contributed by atoms with Gasteiger partial charge in [0.15, 0.2) is 0 Å². The molecule has 27 heavy (non-hydrogen) atoms. The lowest BCUT2D eigenvalue weighted by Crippen LogP contribution is -2.24. The van der Waals surface area contributed by atoms with Gasteiger partial charge in [-0.3, -0.25) is 4.79 Å². The van der Waals surface area contributed by atoms with Gasteiger partial charge in [0.1, 0.15) is 12.4 Å². The number of carbonyl (C=O) groups is 2. The Kier molecular flexibility index (Phi) is 4.52. The molecule has 4 rings (SSSR count). The average Bonchev–Trinajstić information content (AvgIpc) is 3.13. The molecule has 3 N–H and O–H groups in total. The molecule has 3 aromatic rings. The van der Waals surface area contributed by atoms with Crippen molar-refractivity contribution < 1.29 is 14.3 Å². The Balaban J connectivity index is 1.55. The molecule has 6 nitrogen and oxygen atoms in total. The number of carbonyl (C=O) groups excluding carboxylic acids is 2. The third-order valence-corrected chi connectivity index (χ3v) is 5.36. The van der Waals surface area contributed by atoms with Gasteiger partial charge in [0, 0.05) is 34.4 Å². The van der Waals surface area contributed by atoms with E-state index in [1.165, 1.54) is 11.3 Å². The van der Waals surface area contributed by atoms with E-state index in [0.29, 0.717) is 22.9 Å². The second kappa shape index (κ2) is 7.13. The molecule has 3 amide bonds. The van der Waals surface area contributed by atoms with Gasteiger partial charge in [-0.25, -0.2) is 4.79 Å². The Labute approximate surface area is 160 Å². The summed E-state index contributed by atoms with van der Waals surface area (Å²) in [4.78, 5) is 25.8. The van der Waals surface area contributed by atoms with E-state index in [1.807, 2.05) is 30.3 Å². The summed E-state index contributed by atoms with van der Waals surface area (Å²) in [6.07, 6.45) is 0. The summed E-state index contributed by atoms with van der Waals surface area (Å²) in [6, 6.07) is 16.4. The van der Waals surface area contributed by atoms with Crippen LogP contribution in [0.25, 0.3) is 10.4 Å². The van der Waals surface area contributed by atoms with E-state index in [2.05, 4.69) is 16.0 Å². The van der Waals surface area contributed by atoms with E-state index >= 15 is 0 Å². The molecule has 1 aromatic heterocycles. The molecule has 0 aliphatic carbocycles. The van der Waals surface area contributed by atoms with Gasteiger partial charge in [-0.1, -0.05) is 18.2 Å². The number of para-hydroxylation sites is 1. The van der Waals surface area contributed by atoms with Gasteiger partial charge in [-0.05, 0) is 36.4 Å². The van der Waals surface area contributed by atoms with Crippen LogP contribution in [0.15, 0.2) is 54.6 Å². The molecule has 7 heteroatoms. The van der Waals surface area contributed by atoms with Crippen molar-refractivity contribution in [2.24, 2.45) is 0 Å². The summed E-state index contributed by atoms with van der Waals surface area (Å²) >= 11 is 1.45. The van der Waals surface area contributed by atoms with Crippen LogP contribution in [-0.4, -0.2) is 19.0 Å². The molecule has 0 atom stereocenters. The van der Waals surface area contributed by atoms with Crippen molar-refractivity contribution in [3.63, 3.8) is 0 Å². The normalized spacial score (nSPS) is 11.6. The van der Waals surface area contributed by atoms with Crippen molar-refractivity contribution in [1.82, 2.24) is 5.32 Å². The zero-order valence-corrected chi connectivity index (χ0v) is 15.4. The highest BCUT2D eigenvalue weighted by Gasteiger charge is 2.22. The highest BCUT2D eigenvalue weighted by Crippen LogP contribution is 2.42. The number of anilines is 2. The van der Waals surface area contributed by atoms with Gasteiger partial charge in [0.2, 0.25) is 0 Å². The number of rotatable bonds is 3. The van der Waals surface area contributed by atoms with Crippen LogP contribution in [0.3, 0.4) is 0 Å². The van der Waals surface area contributed by atoms with E-state index in [9.17, 15) is 9.59 Å². The smallest absolute Gasteiger partial charge is 0.318 e. The van der Waals surface area contributed by atoms with E-state index in [1.54, 1.807) is 31.3 Å². The fourth-order valence-electron chi connectivity index (χ4n) is 2.87. The Bertz CT molecular complexity index is 1030. The number of ether oxygens (including phenoxy) is 1. The Morgan fingerprint density at radius 2 is 1.78 bits per heavy atom. The number of nitrogens with one attached hydrogen (secondary N) is 3. The van der Waals surface area contributed by atoms with Gasteiger partial charge in [-0.2, -0.15) is 0 Å². The number of hydrogen-bond acceptors (Lipinski definition) is 4. The molecule has 1 aliphatic rings. The number of fused-ring (bicyclic) bond motifs is 3. The SMILES string of the molecule is CNC(=O)Nc1cccc(NC(=O)c2cc3c(s2)-c2ccccc2OC3)c1. The third-order valence-electron chi connectivity index (χ3n) is 4.15. The van der Waals surface area contributed by atoms with Gasteiger partial charge in [0.25, 0.3) is 5.91 Å². The lowest BCUT2D eigenvalue weighted by molar-refractivity contribution is 0.103. The van der Waals surface area contributed by atoms with Crippen LogP contribution >= 0.6 is 11.3 Å². The molecule has 0 bridgehead atoms. The summed E-state index contributed by atoms with van der Waals surface area (Å²) < 4.78 is 5.75. The first-order chi connectivity index (χ1) is 13.1. The van der Waals surface area contributed by atoms with Crippen LogP contribution in [-0.2, 0) is 6.61 Å². The van der Waals surface area contributed by atoms with Crippen LogP contribution in [0.5, 0.6) is 5.75 Å². The first-order valence-corrected chi connectivity index (χ1v) is 9.21. The molecular weight excluding hydrogens is 362 g/mol. The Morgan fingerprint density at radius 1 is 1.00 bits per heavy atom. The highest BCUT2D eigenvalue weighted by atomic mass is 32.1. The topological polar surface area (TPSA) is 79.5 Å². The molecule has 0 unspecified atom stereocenters. The minimum Gasteiger partial charge on any atom is -0.488 e. The number of benzene rings is 2. The van der Waals surface area contributed by atoms with Gasteiger partial charge < -0.3 is 20.7 Å². The quantitative estimate of drug-likeness (QED) is 0.634. The minimum atomic E-state index is -0.317. The third kappa shape index (κ3) is 3.50. The zero-order valence-electron chi connectivity index (χ0n) is 14.5. The summed E-state index contributed by atoms with van der Waals surface area (Å²) in [6.45, 7) is 0.460. The van der Waals surface area contributed by atoms with Crippen LogP contribution in [0.2, 0.25) is 0 Å². The Hall–Kier alpha value is -3.32. The maximum Gasteiger partial charge on any atom is 0.318 e. The van der Waals surface area contributed by atoms with E-state index in [0.717, 1.165) is 21.8 Å². The van der Waals surface area contributed by atoms with Crippen molar-refractivity contribution in [1.29, 1.82) is 0 Å². The van der Waals surface area contributed by atoms with Crippen molar-refractivity contribution in [3.05, 3.63) is 65.0 Å². The Morgan fingerprint density at radius 3 is 2.59 bits per heavy atom. The average molecular weight is 379 g/mol. The van der Waals surface area contributed by atoms with Gasteiger partial charge in [0.05, 0.1) is 4.88 Å². The fourth-order valence-corrected chi connectivity index (χ4v) is 3.96. The minimum absolute atomic E-state index is 0.191. The molecule has 0 spiro atoms. The van der Waals surface area contributed by atoms with Crippen molar-refractivity contribution in [2.75, 3.05) is 17.7 Å². The predicted molar refractivity (Wildman–Crippen MR) is 107 cm³/mol. The van der Waals surface area contributed by atoms with Crippen LogP contribution in [0.4, 0.5) is 16.2 Å². The van der Waals surface area contributed by atoms with Gasteiger partial charge in [-0.15, -0.1) is 11.3 Å². The standard InChI is InChI=1S/C20H17N3O3S/c1-21-20(25)23-14-6-4-5-13(10-14)22-19(24)17-9-12-11-26-16-8-3-2-7-15(16)18(12)27-17/h2-10H,11H2,1H3,(H,22,24)(H2,21,23,25). The van der Waals surface area contributed by atoms with Crippen LogP contribution in [0.1, 0.15) is 15.2 Å². The molecular formula is C20H17N3O3S. The lowest BCUT2D eigenvalue weighted by atomic mass is 10.1. The maximum atomic E-state index is 12.7. The summed E-state index contributed by atoms with van der Waals surface area (Å²) in [5.74, 6) is 0.649. The first kappa shape index (κ1) is 17.1. The second-order valence-electron chi connectivity index (χ2n) is 5.99. The molecule has 0 saturated heterocycles. The van der Waals surface area contributed by atoms with E-state index < -0.39 is 0 Å². The monoisotopic (exact) mass is 379 g/mol. The molecule has 0 fully saturated rings. The summed E-state index contributed by atoms with van der Waals surface area (Å²) in [5.41, 5.74) is 3.23. The van der Waals surface area contributed by atoms with Crippen molar-refractivity contribution >= 4 is 34.6 Å².